The first kappa shape index (κ1) is 22.0. The number of hydrogen-bond donors (Lipinski definition) is 2. The highest BCUT2D eigenvalue weighted by molar-refractivity contribution is 5.97. The first-order valence-corrected chi connectivity index (χ1v) is 10.6. The maximum absolute atomic E-state index is 12.6. The minimum atomic E-state index is -0.317. The van der Waals surface area contributed by atoms with Crippen LogP contribution in [0.2, 0.25) is 0 Å². The lowest BCUT2D eigenvalue weighted by molar-refractivity contribution is -0.117. The van der Waals surface area contributed by atoms with Gasteiger partial charge in [-0.15, -0.1) is 0 Å². The molecule has 0 heterocycles. The van der Waals surface area contributed by atoms with Crippen LogP contribution in [0.1, 0.15) is 62.8 Å². The Labute approximate surface area is 169 Å². The molecule has 5 nitrogen and oxygen atoms in total. The average molecular weight is 383 g/mol. The second kappa shape index (κ2) is 11.5. The third kappa shape index (κ3) is 6.10. The number of nitriles is 1. The third-order valence-corrected chi connectivity index (χ3v) is 5.57. The van der Waals surface area contributed by atoms with E-state index in [1.54, 1.807) is 6.20 Å². The fraction of sp³-hybridized carbons (Fsp3) is 0.565. The summed E-state index contributed by atoms with van der Waals surface area (Å²) < 4.78 is 0. The van der Waals surface area contributed by atoms with Crippen LogP contribution in [0, 0.1) is 11.3 Å². The van der Waals surface area contributed by atoms with E-state index in [1.807, 2.05) is 6.07 Å². The Morgan fingerprint density at radius 1 is 1.21 bits per heavy atom. The van der Waals surface area contributed by atoms with Crippen molar-refractivity contribution in [1.29, 1.82) is 5.26 Å². The molecule has 1 aliphatic carbocycles. The monoisotopic (exact) mass is 382 g/mol. The van der Waals surface area contributed by atoms with E-state index >= 15 is 0 Å². The topological polar surface area (TPSA) is 68.2 Å². The number of amides is 1. The van der Waals surface area contributed by atoms with Gasteiger partial charge in [-0.25, -0.2) is 0 Å². The van der Waals surface area contributed by atoms with Crippen molar-refractivity contribution in [2.45, 2.75) is 58.9 Å². The van der Waals surface area contributed by atoms with Gasteiger partial charge in [0.15, 0.2) is 0 Å². The SMILES string of the molecule is CCC(NC(=O)/C(C#N)=C\NCCN(CC)CC)c1ccc2c(c1)CCCC2. The lowest BCUT2D eigenvalue weighted by Crippen LogP contribution is -2.32. The van der Waals surface area contributed by atoms with Gasteiger partial charge in [0.2, 0.25) is 0 Å². The number of aryl methyl sites for hydroxylation is 2. The zero-order chi connectivity index (χ0) is 20.4. The maximum atomic E-state index is 12.6. The molecule has 1 aliphatic rings. The normalized spacial score (nSPS) is 14.9. The summed E-state index contributed by atoms with van der Waals surface area (Å²) in [7, 11) is 0. The molecule has 0 bridgehead atoms. The molecular weight excluding hydrogens is 348 g/mol. The number of hydrogen-bond acceptors (Lipinski definition) is 4. The van der Waals surface area contributed by atoms with Crippen LogP contribution in [0.4, 0.5) is 0 Å². The van der Waals surface area contributed by atoms with Gasteiger partial charge >= 0.3 is 0 Å². The lowest BCUT2D eigenvalue weighted by Gasteiger charge is -2.21. The molecule has 1 aromatic rings. The summed E-state index contributed by atoms with van der Waals surface area (Å²) >= 11 is 0. The molecular formula is C23H34N4O. The Bertz CT molecular complexity index is 716. The highest BCUT2D eigenvalue weighted by Crippen LogP contribution is 2.26. The molecule has 0 fully saturated rings. The van der Waals surface area contributed by atoms with E-state index < -0.39 is 0 Å². The molecule has 2 rings (SSSR count). The fourth-order valence-electron chi connectivity index (χ4n) is 3.71. The number of nitrogens with one attached hydrogen (secondary N) is 2. The summed E-state index contributed by atoms with van der Waals surface area (Å²) in [5.41, 5.74) is 4.09. The average Bonchev–Trinajstić information content (AvgIpc) is 2.74. The molecule has 0 spiro atoms. The molecule has 0 aliphatic heterocycles. The number of carbonyl (C=O) groups is 1. The molecule has 1 aromatic carbocycles. The van der Waals surface area contributed by atoms with E-state index in [0.717, 1.165) is 44.5 Å². The molecule has 0 saturated heterocycles. The predicted octanol–water partition coefficient (Wildman–Crippen LogP) is 3.47. The molecule has 2 N–H and O–H groups in total. The lowest BCUT2D eigenvalue weighted by atomic mass is 9.88. The Morgan fingerprint density at radius 2 is 1.93 bits per heavy atom. The van der Waals surface area contributed by atoms with Crippen LogP contribution in [0.15, 0.2) is 30.0 Å². The Kier molecular flexibility index (Phi) is 9.03. The first-order valence-electron chi connectivity index (χ1n) is 10.6. The van der Waals surface area contributed by atoms with Gasteiger partial charge in [0.1, 0.15) is 11.6 Å². The molecule has 1 atom stereocenters. The standard InChI is InChI=1S/C23H34N4O/c1-4-22(20-12-11-18-9-7-8-10-19(18)15-20)26-23(28)21(16-24)17-25-13-14-27(5-2)6-3/h11-12,15,17,22,25H,4-10,13-14H2,1-3H3,(H,26,28)/b21-17-. The molecule has 0 saturated carbocycles. The number of rotatable bonds is 10. The van der Waals surface area contributed by atoms with Gasteiger partial charge in [-0.2, -0.15) is 5.26 Å². The van der Waals surface area contributed by atoms with Crippen molar-refractivity contribution in [3.05, 3.63) is 46.7 Å². The Hall–Kier alpha value is -2.32. The van der Waals surface area contributed by atoms with E-state index in [9.17, 15) is 10.1 Å². The van der Waals surface area contributed by atoms with Gasteiger partial charge in [-0.05, 0) is 61.9 Å². The molecule has 1 amide bonds. The Balaban J connectivity index is 1.97. The number of likely N-dealkylation sites (N-methyl/N-ethyl adjacent to an activating group) is 1. The third-order valence-electron chi connectivity index (χ3n) is 5.57. The van der Waals surface area contributed by atoms with Gasteiger partial charge in [0, 0.05) is 19.3 Å². The molecule has 0 aromatic heterocycles. The number of benzene rings is 1. The number of carbonyl (C=O) groups excluding carboxylic acids is 1. The van der Waals surface area contributed by atoms with Crippen molar-refractivity contribution in [2.24, 2.45) is 0 Å². The zero-order valence-corrected chi connectivity index (χ0v) is 17.6. The van der Waals surface area contributed by atoms with Crippen LogP contribution in [0.25, 0.3) is 0 Å². The largest absolute Gasteiger partial charge is 0.388 e. The summed E-state index contributed by atoms with van der Waals surface area (Å²) in [5.74, 6) is -0.317. The highest BCUT2D eigenvalue weighted by Gasteiger charge is 2.18. The van der Waals surface area contributed by atoms with Gasteiger partial charge in [0.05, 0.1) is 6.04 Å². The summed E-state index contributed by atoms with van der Waals surface area (Å²) in [4.78, 5) is 14.9. The summed E-state index contributed by atoms with van der Waals surface area (Å²) in [6.07, 6.45) is 7.10. The summed E-state index contributed by atoms with van der Waals surface area (Å²) in [5, 5.41) is 15.5. The predicted molar refractivity (Wildman–Crippen MR) is 114 cm³/mol. The molecule has 28 heavy (non-hydrogen) atoms. The minimum Gasteiger partial charge on any atom is -0.388 e. The molecule has 5 heteroatoms. The van der Waals surface area contributed by atoms with Crippen molar-refractivity contribution in [2.75, 3.05) is 26.2 Å². The molecule has 1 unspecified atom stereocenters. The highest BCUT2D eigenvalue weighted by atomic mass is 16.1. The molecule has 0 radical (unpaired) electrons. The van der Waals surface area contributed by atoms with Crippen molar-refractivity contribution >= 4 is 5.91 Å². The minimum absolute atomic E-state index is 0.0767. The van der Waals surface area contributed by atoms with Crippen LogP contribution < -0.4 is 10.6 Å². The first-order chi connectivity index (χ1) is 13.6. The van der Waals surface area contributed by atoms with Crippen molar-refractivity contribution in [3.8, 4) is 6.07 Å². The zero-order valence-electron chi connectivity index (χ0n) is 17.6. The van der Waals surface area contributed by atoms with Crippen molar-refractivity contribution in [3.63, 3.8) is 0 Å². The van der Waals surface area contributed by atoms with Gasteiger partial charge in [0.25, 0.3) is 5.91 Å². The van der Waals surface area contributed by atoms with Crippen LogP contribution in [-0.4, -0.2) is 37.0 Å². The van der Waals surface area contributed by atoms with Crippen LogP contribution >= 0.6 is 0 Å². The van der Waals surface area contributed by atoms with Crippen molar-refractivity contribution < 1.29 is 4.79 Å². The van der Waals surface area contributed by atoms with Crippen molar-refractivity contribution in [1.82, 2.24) is 15.5 Å². The summed E-state index contributed by atoms with van der Waals surface area (Å²) in [6, 6.07) is 8.51. The van der Waals surface area contributed by atoms with E-state index in [0.29, 0.717) is 6.54 Å². The number of nitrogens with zero attached hydrogens (tertiary/aromatic N) is 2. The van der Waals surface area contributed by atoms with Crippen LogP contribution in [0.5, 0.6) is 0 Å². The van der Waals surface area contributed by atoms with Gasteiger partial charge in [-0.3, -0.25) is 4.79 Å². The summed E-state index contributed by atoms with van der Waals surface area (Å²) in [6.45, 7) is 9.89. The second-order valence-electron chi connectivity index (χ2n) is 7.32. The Morgan fingerprint density at radius 3 is 2.57 bits per heavy atom. The second-order valence-corrected chi connectivity index (χ2v) is 7.32. The maximum Gasteiger partial charge on any atom is 0.263 e. The fourth-order valence-corrected chi connectivity index (χ4v) is 3.71. The van der Waals surface area contributed by atoms with E-state index in [-0.39, 0.29) is 17.5 Å². The van der Waals surface area contributed by atoms with E-state index in [2.05, 4.69) is 54.5 Å². The van der Waals surface area contributed by atoms with Gasteiger partial charge in [-0.1, -0.05) is 39.0 Å². The van der Waals surface area contributed by atoms with E-state index in [4.69, 9.17) is 0 Å². The van der Waals surface area contributed by atoms with Gasteiger partial charge < -0.3 is 15.5 Å². The number of fused-ring (bicyclic) bond motifs is 1. The molecule has 152 valence electrons. The quantitative estimate of drug-likeness (QED) is 0.369. The van der Waals surface area contributed by atoms with E-state index in [1.165, 1.54) is 24.0 Å². The van der Waals surface area contributed by atoms with Crippen LogP contribution in [0.3, 0.4) is 0 Å². The van der Waals surface area contributed by atoms with Crippen LogP contribution in [-0.2, 0) is 17.6 Å². The smallest absolute Gasteiger partial charge is 0.263 e.